The summed E-state index contributed by atoms with van der Waals surface area (Å²) in [6, 6.07) is 2.00. The van der Waals surface area contributed by atoms with Crippen LogP contribution in [0.1, 0.15) is 18.2 Å². The van der Waals surface area contributed by atoms with Gasteiger partial charge < -0.3 is 4.98 Å². The molecule has 0 radical (unpaired) electrons. The Morgan fingerprint density at radius 3 is 3.00 bits per heavy atom. The van der Waals surface area contributed by atoms with Crippen LogP contribution in [0.15, 0.2) is 23.8 Å². The lowest BCUT2D eigenvalue weighted by molar-refractivity contribution is 1.35. The van der Waals surface area contributed by atoms with E-state index in [1.165, 1.54) is 0 Å². The van der Waals surface area contributed by atoms with Crippen LogP contribution in [0.2, 0.25) is 0 Å². The van der Waals surface area contributed by atoms with Crippen LogP contribution >= 0.6 is 0 Å². The largest absolute Gasteiger partial charge is 0.360 e. The number of aromatic amines is 1. The Bertz CT molecular complexity index is 282. The molecule has 1 aromatic heterocycles. The number of H-pyrrole nitrogens is 1. The van der Waals surface area contributed by atoms with Crippen molar-refractivity contribution in [1.82, 2.24) is 4.98 Å². The van der Waals surface area contributed by atoms with Crippen LogP contribution in [-0.2, 0) is 0 Å². The quantitative estimate of drug-likeness (QED) is 0.622. The second kappa shape index (κ2) is 3.19. The molecule has 0 saturated carbocycles. The number of nitrogens with zero attached hydrogens (tertiary/aromatic N) is 1. The van der Waals surface area contributed by atoms with Crippen LogP contribution in [0, 0.1) is 0 Å². The minimum atomic E-state index is 1.03. The topological polar surface area (TPSA) is 28.1 Å². The van der Waals surface area contributed by atoms with Gasteiger partial charge in [0.05, 0.1) is 5.69 Å². The number of hydrogen-bond acceptors (Lipinski definition) is 1. The van der Waals surface area contributed by atoms with Gasteiger partial charge in [0.15, 0.2) is 0 Å². The third-order valence-corrected chi connectivity index (χ3v) is 1.50. The summed E-state index contributed by atoms with van der Waals surface area (Å²) < 4.78 is 0. The molecule has 0 amide bonds. The number of nitrogens with one attached hydrogen (secondary N) is 1. The molecule has 0 aliphatic heterocycles. The van der Waals surface area contributed by atoms with Crippen molar-refractivity contribution >= 4 is 11.8 Å². The van der Waals surface area contributed by atoms with Gasteiger partial charge in [-0.2, -0.15) is 0 Å². The number of hydrogen-bond donors (Lipinski definition) is 1. The Balaban J connectivity index is 3.05. The van der Waals surface area contributed by atoms with E-state index in [1.54, 1.807) is 13.3 Å². The maximum absolute atomic E-state index is 3.92. The lowest BCUT2D eigenvalue weighted by atomic mass is 10.1. The molecule has 58 valence electrons. The van der Waals surface area contributed by atoms with Gasteiger partial charge >= 0.3 is 0 Å². The molecule has 1 heterocycles. The van der Waals surface area contributed by atoms with Crippen LogP contribution in [0.5, 0.6) is 0 Å². The molecule has 0 atom stereocenters. The summed E-state index contributed by atoms with van der Waals surface area (Å²) in [5, 5.41) is 0. The number of allylic oxidation sites excluding steroid dienone is 1. The van der Waals surface area contributed by atoms with E-state index in [-0.39, 0.29) is 0 Å². The summed E-state index contributed by atoms with van der Waals surface area (Å²) in [6.45, 7) is 5.84. The summed E-state index contributed by atoms with van der Waals surface area (Å²) >= 11 is 0. The van der Waals surface area contributed by atoms with Crippen molar-refractivity contribution in [1.29, 1.82) is 0 Å². The van der Waals surface area contributed by atoms with Crippen LogP contribution in [0.25, 0.3) is 5.57 Å². The molecule has 0 saturated heterocycles. The molecule has 2 nitrogen and oxygen atoms in total. The van der Waals surface area contributed by atoms with E-state index in [9.17, 15) is 0 Å². The van der Waals surface area contributed by atoms with Crippen molar-refractivity contribution in [2.24, 2.45) is 4.99 Å². The van der Waals surface area contributed by atoms with Gasteiger partial charge in [0.2, 0.25) is 0 Å². The fourth-order valence-corrected chi connectivity index (χ4v) is 0.990. The number of aliphatic imine (C=N–C) groups is 1. The van der Waals surface area contributed by atoms with E-state index in [0.717, 1.165) is 16.8 Å². The Morgan fingerprint density at radius 2 is 2.45 bits per heavy atom. The SMILES string of the molecule is C=C(C)c1cc[nH]c1/C=N\C. The molecule has 1 aromatic rings. The van der Waals surface area contributed by atoms with Gasteiger partial charge in [-0.05, 0) is 18.6 Å². The van der Waals surface area contributed by atoms with E-state index in [4.69, 9.17) is 0 Å². The smallest absolute Gasteiger partial charge is 0.0637 e. The summed E-state index contributed by atoms with van der Waals surface area (Å²) in [5.41, 5.74) is 3.22. The average Bonchev–Trinajstić information content (AvgIpc) is 2.36. The number of rotatable bonds is 2. The van der Waals surface area contributed by atoms with Gasteiger partial charge in [0.25, 0.3) is 0 Å². The molecule has 0 bridgehead atoms. The Labute approximate surface area is 66.7 Å². The highest BCUT2D eigenvalue weighted by Crippen LogP contribution is 2.13. The van der Waals surface area contributed by atoms with Crippen molar-refractivity contribution in [3.05, 3.63) is 30.1 Å². The first-order valence-electron chi connectivity index (χ1n) is 3.51. The predicted octanol–water partition coefficient (Wildman–Crippen LogP) is 2.10. The van der Waals surface area contributed by atoms with Gasteiger partial charge in [0, 0.05) is 25.0 Å². The standard InChI is InChI=1S/C9H12N2/c1-7(2)8-4-5-11-9(8)6-10-3/h4-6,11H,1H2,2-3H3/b10-6-. The van der Waals surface area contributed by atoms with Crippen LogP contribution < -0.4 is 0 Å². The molecule has 0 aliphatic rings. The Hall–Kier alpha value is -1.31. The Kier molecular flexibility index (Phi) is 2.26. The normalized spacial score (nSPS) is 10.7. The molecule has 2 heteroatoms. The molecular formula is C9H12N2. The molecule has 1 N–H and O–H groups in total. The number of aromatic nitrogens is 1. The maximum Gasteiger partial charge on any atom is 0.0637 e. The lowest BCUT2D eigenvalue weighted by Crippen LogP contribution is -1.85. The minimum absolute atomic E-state index is 1.03. The van der Waals surface area contributed by atoms with Crippen molar-refractivity contribution in [2.45, 2.75) is 6.92 Å². The van der Waals surface area contributed by atoms with Crippen LogP contribution in [-0.4, -0.2) is 18.2 Å². The molecule has 1 rings (SSSR count). The molecule has 0 unspecified atom stereocenters. The van der Waals surface area contributed by atoms with Crippen molar-refractivity contribution in [2.75, 3.05) is 7.05 Å². The maximum atomic E-state index is 3.92. The monoisotopic (exact) mass is 148 g/mol. The lowest BCUT2D eigenvalue weighted by Gasteiger charge is -1.95. The van der Waals surface area contributed by atoms with Gasteiger partial charge in [-0.1, -0.05) is 6.58 Å². The second-order valence-electron chi connectivity index (χ2n) is 2.47. The molecule has 0 fully saturated rings. The molecule has 11 heavy (non-hydrogen) atoms. The van der Waals surface area contributed by atoms with E-state index in [1.807, 2.05) is 19.2 Å². The zero-order valence-electron chi connectivity index (χ0n) is 6.89. The highest BCUT2D eigenvalue weighted by Gasteiger charge is 1.99. The minimum Gasteiger partial charge on any atom is -0.360 e. The summed E-state index contributed by atoms with van der Waals surface area (Å²) in [5.74, 6) is 0. The van der Waals surface area contributed by atoms with E-state index in [2.05, 4.69) is 16.6 Å². The van der Waals surface area contributed by atoms with E-state index >= 15 is 0 Å². The van der Waals surface area contributed by atoms with Gasteiger partial charge in [0.1, 0.15) is 0 Å². The third-order valence-electron chi connectivity index (χ3n) is 1.50. The second-order valence-corrected chi connectivity index (χ2v) is 2.47. The molecular weight excluding hydrogens is 136 g/mol. The molecule has 0 spiro atoms. The van der Waals surface area contributed by atoms with Crippen LogP contribution in [0.3, 0.4) is 0 Å². The summed E-state index contributed by atoms with van der Waals surface area (Å²) in [7, 11) is 1.75. The fourth-order valence-electron chi connectivity index (χ4n) is 0.990. The Morgan fingerprint density at radius 1 is 1.73 bits per heavy atom. The third kappa shape index (κ3) is 1.58. The first-order valence-corrected chi connectivity index (χ1v) is 3.51. The van der Waals surface area contributed by atoms with Crippen molar-refractivity contribution in [3.8, 4) is 0 Å². The van der Waals surface area contributed by atoms with E-state index < -0.39 is 0 Å². The molecule has 0 aliphatic carbocycles. The van der Waals surface area contributed by atoms with Crippen LogP contribution in [0.4, 0.5) is 0 Å². The zero-order chi connectivity index (χ0) is 8.27. The first-order chi connectivity index (χ1) is 5.25. The average molecular weight is 148 g/mol. The first kappa shape index (κ1) is 7.79. The van der Waals surface area contributed by atoms with Gasteiger partial charge in [-0.25, -0.2) is 0 Å². The van der Waals surface area contributed by atoms with E-state index in [0.29, 0.717) is 0 Å². The summed E-state index contributed by atoms with van der Waals surface area (Å²) in [4.78, 5) is 7.00. The van der Waals surface area contributed by atoms with Crippen molar-refractivity contribution < 1.29 is 0 Å². The highest BCUT2D eigenvalue weighted by atomic mass is 14.7. The van der Waals surface area contributed by atoms with Crippen molar-refractivity contribution in [3.63, 3.8) is 0 Å². The highest BCUT2D eigenvalue weighted by molar-refractivity contribution is 5.85. The fraction of sp³-hybridized carbons (Fsp3) is 0.222. The predicted molar refractivity (Wildman–Crippen MR) is 49.0 cm³/mol. The van der Waals surface area contributed by atoms with Gasteiger partial charge in [-0.15, -0.1) is 0 Å². The van der Waals surface area contributed by atoms with Gasteiger partial charge in [-0.3, -0.25) is 4.99 Å². The zero-order valence-corrected chi connectivity index (χ0v) is 6.89. The summed E-state index contributed by atoms with van der Waals surface area (Å²) in [6.07, 6.45) is 3.69. The molecule has 0 aromatic carbocycles.